The van der Waals surface area contributed by atoms with Gasteiger partial charge in [-0.05, 0) is 49.9 Å². The third-order valence-electron chi connectivity index (χ3n) is 5.13. The second-order valence-corrected chi connectivity index (χ2v) is 7.67. The molecule has 32 heavy (non-hydrogen) atoms. The van der Waals surface area contributed by atoms with Crippen LogP contribution < -0.4 is 11.2 Å². The molecule has 3 rings (SSSR count). The largest absolute Gasteiger partial charge is 0.456 e. The molecule has 1 aromatic rings. The van der Waals surface area contributed by atoms with E-state index < -0.39 is 30.0 Å². The highest BCUT2D eigenvalue weighted by molar-refractivity contribution is 5.81. The van der Waals surface area contributed by atoms with Crippen LogP contribution in [0.1, 0.15) is 43.2 Å². The molecule has 2 aliphatic heterocycles. The molecule has 0 radical (unpaired) electrons. The molecule has 0 amide bonds. The summed E-state index contributed by atoms with van der Waals surface area (Å²) in [5.41, 5.74) is 2.11. The molecule has 0 aromatic heterocycles. The number of aryl methyl sites for hydroxylation is 3. The van der Waals surface area contributed by atoms with E-state index in [0.717, 1.165) is 16.6 Å². The molecule has 1 aromatic carbocycles. The first kappa shape index (κ1) is 23.4. The fourth-order valence-corrected chi connectivity index (χ4v) is 3.40. The van der Waals surface area contributed by atoms with Crippen molar-refractivity contribution in [3.8, 4) is 11.5 Å². The summed E-state index contributed by atoms with van der Waals surface area (Å²) in [6.45, 7) is 2.77. The van der Waals surface area contributed by atoms with Crippen LogP contribution in [0.2, 0.25) is 0 Å². The summed E-state index contributed by atoms with van der Waals surface area (Å²) in [6.07, 6.45) is -2.27. The van der Waals surface area contributed by atoms with Gasteiger partial charge in [0, 0.05) is 13.0 Å². The Morgan fingerprint density at radius 3 is 2.47 bits per heavy atom. The zero-order valence-electron chi connectivity index (χ0n) is 17.7. The number of ether oxygens (including phenoxy) is 1. The summed E-state index contributed by atoms with van der Waals surface area (Å²) in [5, 5.41) is 0. The summed E-state index contributed by atoms with van der Waals surface area (Å²) in [7, 11) is 0. The molecule has 0 saturated carbocycles. The Morgan fingerprint density at radius 2 is 1.75 bits per heavy atom. The summed E-state index contributed by atoms with van der Waals surface area (Å²) in [5.74, 6) is -0.676. The number of carbonyl (C=O) groups is 1. The Balaban J connectivity index is 1.70. The highest BCUT2D eigenvalue weighted by atomic mass is 19.4. The minimum atomic E-state index is -4.53. The maximum absolute atomic E-state index is 12.3. The predicted octanol–water partition coefficient (Wildman–Crippen LogP) is 3.26. The zero-order valence-corrected chi connectivity index (χ0v) is 17.7. The molecule has 0 atom stereocenters. The number of aromatic amines is 1. The predicted molar refractivity (Wildman–Crippen MR) is 111 cm³/mol. The van der Waals surface area contributed by atoms with Crippen LogP contribution in [0, 0.1) is 13.8 Å². The highest BCUT2D eigenvalue weighted by Crippen LogP contribution is 2.24. The number of esters is 1. The molecule has 11 heteroatoms. The maximum Gasteiger partial charge on any atom is 0.422 e. The van der Waals surface area contributed by atoms with Crippen molar-refractivity contribution >= 4 is 17.0 Å². The number of rotatable bonds is 8. The molecule has 0 fully saturated rings. The SMILES string of the molecule is Cc1cc2nc3c(=O)[nH]c(=O)nc-3n(CCCCCCC(=O)OCC(F)(F)F)c2cc1C. The van der Waals surface area contributed by atoms with Gasteiger partial charge in [-0.2, -0.15) is 18.2 Å². The van der Waals surface area contributed by atoms with Gasteiger partial charge in [-0.1, -0.05) is 12.8 Å². The minimum absolute atomic E-state index is 0.0766. The van der Waals surface area contributed by atoms with Crippen molar-refractivity contribution in [2.45, 2.75) is 58.7 Å². The number of hydrogen-bond donors (Lipinski definition) is 1. The smallest absolute Gasteiger partial charge is 0.422 e. The van der Waals surface area contributed by atoms with Crippen LogP contribution in [-0.2, 0) is 16.1 Å². The van der Waals surface area contributed by atoms with E-state index in [1.807, 2.05) is 26.0 Å². The van der Waals surface area contributed by atoms with E-state index in [0.29, 0.717) is 37.7 Å². The Hall–Kier alpha value is -3.24. The first-order valence-corrected chi connectivity index (χ1v) is 10.2. The van der Waals surface area contributed by atoms with Gasteiger partial charge in [0.05, 0.1) is 11.0 Å². The molecular formula is C21H23F3N4O4. The van der Waals surface area contributed by atoms with Crippen LogP contribution in [0.4, 0.5) is 13.2 Å². The maximum atomic E-state index is 12.3. The number of carbonyl (C=O) groups excluding carboxylic acids is 1. The van der Waals surface area contributed by atoms with Gasteiger partial charge in [0.15, 0.2) is 18.1 Å². The van der Waals surface area contributed by atoms with Gasteiger partial charge in [0.25, 0.3) is 5.56 Å². The normalized spacial score (nSPS) is 11.9. The molecular weight excluding hydrogens is 429 g/mol. The van der Waals surface area contributed by atoms with Gasteiger partial charge >= 0.3 is 17.8 Å². The van der Waals surface area contributed by atoms with Gasteiger partial charge in [-0.3, -0.25) is 14.6 Å². The molecule has 0 unspecified atom stereocenters. The topological polar surface area (TPSA) is 107 Å². The average Bonchev–Trinajstić information content (AvgIpc) is 2.69. The molecule has 0 saturated heterocycles. The summed E-state index contributed by atoms with van der Waals surface area (Å²) in [6, 6.07) is 3.80. The van der Waals surface area contributed by atoms with Crippen LogP contribution in [0.25, 0.3) is 22.6 Å². The number of benzene rings is 1. The Morgan fingerprint density at radius 1 is 1.06 bits per heavy atom. The monoisotopic (exact) mass is 452 g/mol. The standard InChI is InChI=1S/C21H23F3N4O4/c1-12-9-14-15(10-13(12)2)28(18-17(25-14)19(30)27-20(31)26-18)8-6-4-3-5-7-16(29)32-11-21(22,23)24/h9-10H,3-8,11H2,1-2H3,(H,27,30,31). The molecule has 172 valence electrons. The lowest BCUT2D eigenvalue weighted by molar-refractivity contribution is -0.186. The molecule has 0 spiro atoms. The van der Waals surface area contributed by atoms with E-state index in [2.05, 4.69) is 19.7 Å². The van der Waals surface area contributed by atoms with E-state index in [-0.39, 0.29) is 17.9 Å². The lowest BCUT2D eigenvalue weighted by atomic mass is 10.1. The van der Waals surface area contributed by atoms with Crippen LogP contribution in [0.15, 0.2) is 21.7 Å². The second-order valence-electron chi connectivity index (χ2n) is 7.67. The lowest BCUT2D eigenvalue weighted by Gasteiger charge is -2.17. The number of nitrogens with zero attached hydrogens (tertiary/aromatic N) is 3. The fraction of sp³-hybridized carbons (Fsp3) is 0.476. The number of alkyl halides is 3. The number of halogens is 3. The summed E-state index contributed by atoms with van der Waals surface area (Å²) in [4.78, 5) is 45.9. The number of nitrogens with one attached hydrogen (secondary N) is 1. The zero-order chi connectivity index (χ0) is 23.5. The van der Waals surface area contributed by atoms with Gasteiger partial charge in [0.2, 0.25) is 0 Å². The van der Waals surface area contributed by atoms with E-state index in [1.54, 1.807) is 4.57 Å². The third kappa shape index (κ3) is 5.71. The third-order valence-corrected chi connectivity index (χ3v) is 5.13. The molecule has 0 bridgehead atoms. The number of H-pyrrole nitrogens is 1. The van der Waals surface area contributed by atoms with Crippen molar-refractivity contribution in [2.24, 2.45) is 0 Å². The van der Waals surface area contributed by atoms with E-state index in [1.165, 1.54) is 0 Å². The van der Waals surface area contributed by atoms with E-state index in [4.69, 9.17) is 0 Å². The average molecular weight is 452 g/mol. The van der Waals surface area contributed by atoms with Crippen molar-refractivity contribution in [3.05, 3.63) is 44.1 Å². The molecule has 8 nitrogen and oxygen atoms in total. The van der Waals surface area contributed by atoms with Crippen molar-refractivity contribution < 1.29 is 22.7 Å². The Kier molecular flexibility index (Phi) is 6.95. The van der Waals surface area contributed by atoms with Gasteiger partial charge < -0.3 is 9.30 Å². The van der Waals surface area contributed by atoms with Crippen LogP contribution in [0.5, 0.6) is 0 Å². The van der Waals surface area contributed by atoms with E-state index in [9.17, 15) is 27.6 Å². The quantitative estimate of drug-likeness (QED) is 0.319. The van der Waals surface area contributed by atoms with Crippen LogP contribution in [-0.4, -0.2) is 38.3 Å². The number of unbranched alkanes of at least 4 members (excludes halogenated alkanes) is 3. The van der Waals surface area contributed by atoms with Crippen LogP contribution >= 0.6 is 0 Å². The second kappa shape index (κ2) is 9.49. The van der Waals surface area contributed by atoms with Gasteiger partial charge in [0.1, 0.15) is 0 Å². The first-order valence-electron chi connectivity index (χ1n) is 10.2. The van der Waals surface area contributed by atoms with Crippen molar-refractivity contribution in [2.75, 3.05) is 6.61 Å². The Labute approximate surface area is 180 Å². The molecule has 1 N–H and O–H groups in total. The number of fused-ring (bicyclic) bond motifs is 2. The lowest BCUT2D eigenvalue weighted by Crippen LogP contribution is -2.29. The number of aromatic nitrogens is 4. The van der Waals surface area contributed by atoms with Crippen LogP contribution in [0.3, 0.4) is 0 Å². The van der Waals surface area contributed by atoms with Crippen molar-refractivity contribution in [1.29, 1.82) is 0 Å². The summed E-state index contributed by atoms with van der Waals surface area (Å²) >= 11 is 0. The van der Waals surface area contributed by atoms with Gasteiger partial charge in [-0.15, -0.1) is 0 Å². The van der Waals surface area contributed by atoms with Gasteiger partial charge in [-0.25, -0.2) is 9.78 Å². The number of hydrogen-bond acceptors (Lipinski definition) is 6. The fourth-order valence-electron chi connectivity index (χ4n) is 3.40. The summed E-state index contributed by atoms with van der Waals surface area (Å²) < 4.78 is 42.1. The molecule has 0 aliphatic carbocycles. The minimum Gasteiger partial charge on any atom is -0.456 e. The molecule has 2 heterocycles. The van der Waals surface area contributed by atoms with E-state index >= 15 is 0 Å². The molecule has 2 aliphatic rings. The highest BCUT2D eigenvalue weighted by Gasteiger charge is 2.29. The van der Waals surface area contributed by atoms with Crippen molar-refractivity contribution in [1.82, 2.24) is 19.5 Å². The first-order chi connectivity index (χ1) is 15.0. The Bertz CT molecular complexity index is 1220. The van der Waals surface area contributed by atoms with Crippen molar-refractivity contribution in [3.63, 3.8) is 0 Å².